The van der Waals surface area contributed by atoms with Gasteiger partial charge in [0.25, 0.3) is 0 Å². The van der Waals surface area contributed by atoms with Gasteiger partial charge in [0.15, 0.2) is 0 Å². The molecule has 0 saturated heterocycles. The van der Waals surface area contributed by atoms with E-state index < -0.39 is 0 Å². The maximum absolute atomic E-state index is 7.02. The lowest BCUT2D eigenvalue weighted by Crippen LogP contribution is -1.83. The summed E-state index contributed by atoms with van der Waals surface area (Å²) in [6.07, 6.45) is 0. The van der Waals surface area contributed by atoms with Crippen molar-refractivity contribution in [2.45, 2.75) is 6.54 Å². The Morgan fingerprint density at radius 3 is 2.00 bits per heavy atom. The Morgan fingerprint density at radius 1 is 1.10 bits per heavy atom. The molecule has 0 bridgehead atoms. The lowest BCUT2D eigenvalue weighted by molar-refractivity contribution is 1.03. The van der Waals surface area contributed by atoms with Gasteiger partial charge in [0, 0.05) is 16.6 Å². The van der Waals surface area contributed by atoms with Gasteiger partial charge in [-0.1, -0.05) is 23.2 Å². The van der Waals surface area contributed by atoms with E-state index in [0.717, 1.165) is 5.56 Å². The van der Waals surface area contributed by atoms with Gasteiger partial charge in [0.1, 0.15) is 0 Å². The summed E-state index contributed by atoms with van der Waals surface area (Å²) in [4.78, 5) is 0. The molecule has 0 aliphatic rings. The fourth-order valence-electron chi connectivity index (χ4n) is 0.713. The molecule has 0 aliphatic heterocycles. The van der Waals surface area contributed by atoms with Crippen molar-refractivity contribution in [3.63, 3.8) is 0 Å². The molecule has 0 aromatic heterocycles. The van der Waals surface area contributed by atoms with Crippen LogP contribution in [-0.2, 0) is 6.54 Å². The van der Waals surface area contributed by atoms with Gasteiger partial charge in [0.2, 0.25) is 0 Å². The van der Waals surface area contributed by atoms with Gasteiger partial charge in [0.05, 0.1) is 0 Å². The summed E-state index contributed by atoms with van der Waals surface area (Å²) in [5.74, 6) is 0. The molecule has 10 heavy (non-hydrogen) atoms. The zero-order valence-electron chi connectivity index (χ0n) is 5.20. The van der Waals surface area contributed by atoms with E-state index in [1.165, 1.54) is 0 Å². The predicted molar refractivity (Wildman–Crippen MR) is 43.3 cm³/mol. The van der Waals surface area contributed by atoms with Crippen molar-refractivity contribution in [3.8, 4) is 0 Å². The van der Waals surface area contributed by atoms with Gasteiger partial charge in [-0.3, -0.25) is 5.73 Å². The Morgan fingerprint density at radius 2 is 1.60 bits per heavy atom. The highest BCUT2D eigenvalue weighted by atomic mass is 35.5. The largest absolute Gasteiger partial charge is 0.253 e. The van der Waals surface area contributed by atoms with Crippen molar-refractivity contribution in [1.29, 1.82) is 0 Å². The lowest BCUT2D eigenvalue weighted by atomic mass is 10.2. The number of hydrogen-bond donors (Lipinski definition) is 0. The van der Waals surface area contributed by atoms with Crippen LogP contribution in [0.4, 0.5) is 0 Å². The molecule has 1 aromatic rings. The van der Waals surface area contributed by atoms with Crippen LogP contribution < -0.4 is 5.73 Å². The highest BCUT2D eigenvalue weighted by Gasteiger charge is 1.94. The van der Waals surface area contributed by atoms with Crippen LogP contribution in [0.1, 0.15) is 5.56 Å². The molecule has 1 aromatic carbocycles. The zero-order valence-corrected chi connectivity index (χ0v) is 6.71. The fourth-order valence-corrected chi connectivity index (χ4v) is 1.28. The van der Waals surface area contributed by atoms with Crippen molar-refractivity contribution in [3.05, 3.63) is 33.8 Å². The summed E-state index contributed by atoms with van der Waals surface area (Å²) < 4.78 is 0. The van der Waals surface area contributed by atoms with Crippen LogP contribution in [0.25, 0.3) is 0 Å². The summed E-state index contributed by atoms with van der Waals surface area (Å²) in [7, 11) is 0. The summed E-state index contributed by atoms with van der Waals surface area (Å²) >= 11 is 11.3. The number of benzene rings is 1. The molecule has 0 heterocycles. The van der Waals surface area contributed by atoms with Crippen molar-refractivity contribution in [2.24, 2.45) is 0 Å². The molecule has 0 atom stereocenters. The molecule has 0 aliphatic carbocycles. The third-order valence-corrected chi connectivity index (χ3v) is 1.56. The minimum atomic E-state index is 0.222. The van der Waals surface area contributed by atoms with E-state index >= 15 is 0 Å². The average molecular weight is 175 g/mol. The van der Waals surface area contributed by atoms with Crippen LogP contribution in [0.3, 0.4) is 0 Å². The van der Waals surface area contributed by atoms with E-state index in [1.54, 1.807) is 18.2 Å². The minimum absolute atomic E-state index is 0.222. The molecule has 53 valence electrons. The van der Waals surface area contributed by atoms with Gasteiger partial charge in [-0.2, -0.15) is 0 Å². The molecular weight excluding hydrogens is 169 g/mol. The molecule has 1 rings (SSSR count). The quantitative estimate of drug-likeness (QED) is 0.626. The summed E-state index contributed by atoms with van der Waals surface area (Å²) in [6.45, 7) is 0.222. The molecule has 1 radical (unpaired) electrons. The van der Waals surface area contributed by atoms with Gasteiger partial charge < -0.3 is 0 Å². The second-order valence-electron chi connectivity index (χ2n) is 1.95. The van der Waals surface area contributed by atoms with Crippen LogP contribution in [0, 0.1) is 0 Å². The zero-order chi connectivity index (χ0) is 7.56. The third-order valence-electron chi connectivity index (χ3n) is 1.13. The monoisotopic (exact) mass is 174 g/mol. The van der Waals surface area contributed by atoms with Gasteiger partial charge >= 0.3 is 0 Å². The first kappa shape index (κ1) is 7.86. The third kappa shape index (κ3) is 1.87. The molecule has 1 nitrogen and oxygen atoms in total. The van der Waals surface area contributed by atoms with Crippen LogP contribution in [0.15, 0.2) is 18.2 Å². The van der Waals surface area contributed by atoms with E-state index in [1.807, 2.05) is 0 Å². The molecule has 3 heteroatoms. The average Bonchev–Trinajstić information content (AvgIpc) is 1.85. The van der Waals surface area contributed by atoms with Crippen molar-refractivity contribution < 1.29 is 0 Å². The van der Waals surface area contributed by atoms with Gasteiger partial charge in [-0.15, -0.1) is 0 Å². The van der Waals surface area contributed by atoms with Crippen molar-refractivity contribution in [1.82, 2.24) is 5.73 Å². The fraction of sp³-hybridized carbons (Fsp3) is 0.143. The standard InChI is InChI=1S/C7H6Cl2N/c8-6-1-5(4-10)2-7(9)3-6/h1-3,10H,4H2. The Kier molecular flexibility index (Phi) is 2.55. The lowest BCUT2D eigenvalue weighted by Gasteiger charge is -1.96. The topological polar surface area (TPSA) is 23.8 Å². The van der Waals surface area contributed by atoms with Crippen LogP contribution in [0.5, 0.6) is 0 Å². The smallest absolute Gasteiger partial charge is 0.0424 e. The van der Waals surface area contributed by atoms with Gasteiger partial charge in [-0.05, 0) is 23.8 Å². The van der Waals surface area contributed by atoms with E-state index in [-0.39, 0.29) is 6.54 Å². The highest BCUT2D eigenvalue weighted by molar-refractivity contribution is 6.34. The highest BCUT2D eigenvalue weighted by Crippen LogP contribution is 2.18. The molecule has 0 fully saturated rings. The van der Waals surface area contributed by atoms with E-state index in [4.69, 9.17) is 28.9 Å². The molecule has 0 spiro atoms. The second kappa shape index (κ2) is 3.24. The maximum atomic E-state index is 7.02. The van der Waals surface area contributed by atoms with Crippen LogP contribution in [0.2, 0.25) is 10.0 Å². The molecule has 0 unspecified atom stereocenters. The Hall–Kier alpha value is -0.240. The van der Waals surface area contributed by atoms with Crippen LogP contribution >= 0.6 is 23.2 Å². The Labute approximate surface area is 69.7 Å². The van der Waals surface area contributed by atoms with E-state index in [0.29, 0.717) is 10.0 Å². The summed E-state index contributed by atoms with van der Waals surface area (Å²) in [5, 5.41) is 1.18. The normalized spacial score (nSPS) is 9.90. The second-order valence-corrected chi connectivity index (χ2v) is 2.83. The Bertz CT molecular complexity index is 215. The maximum Gasteiger partial charge on any atom is 0.0424 e. The first-order valence-electron chi connectivity index (χ1n) is 2.82. The number of halogens is 2. The first-order chi connectivity index (χ1) is 4.72. The van der Waals surface area contributed by atoms with E-state index in [2.05, 4.69) is 0 Å². The summed E-state index contributed by atoms with van der Waals surface area (Å²) in [5.41, 5.74) is 7.86. The van der Waals surface area contributed by atoms with E-state index in [9.17, 15) is 0 Å². The first-order valence-corrected chi connectivity index (χ1v) is 3.57. The molecule has 1 N–H and O–H groups in total. The number of rotatable bonds is 1. The van der Waals surface area contributed by atoms with Crippen LogP contribution in [-0.4, -0.2) is 0 Å². The van der Waals surface area contributed by atoms with Gasteiger partial charge in [-0.25, -0.2) is 0 Å². The molecular formula is C7H6Cl2N. The number of hydrogen-bond acceptors (Lipinski definition) is 0. The molecule has 0 amide bonds. The van der Waals surface area contributed by atoms with Crippen molar-refractivity contribution >= 4 is 23.2 Å². The predicted octanol–water partition coefficient (Wildman–Crippen LogP) is 2.78. The summed E-state index contributed by atoms with van der Waals surface area (Å²) in [6, 6.07) is 5.13. The molecule has 0 saturated carbocycles. The minimum Gasteiger partial charge on any atom is -0.253 e. The SMILES string of the molecule is [NH]Cc1cc(Cl)cc(Cl)c1. The number of nitrogens with one attached hydrogen (secondary N) is 1. The Balaban J connectivity index is 3.06. The van der Waals surface area contributed by atoms with Crippen molar-refractivity contribution in [2.75, 3.05) is 0 Å².